The first-order valence-corrected chi connectivity index (χ1v) is 11.1. The zero-order valence-corrected chi connectivity index (χ0v) is 16.9. The second-order valence-electron chi connectivity index (χ2n) is 6.98. The van der Waals surface area contributed by atoms with Crippen molar-refractivity contribution >= 4 is 33.2 Å². The molecule has 0 radical (unpaired) electrons. The van der Waals surface area contributed by atoms with Crippen LogP contribution < -0.4 is 10.1 Å². The summed E-state index contributed by atoms with van der Waals surface area (Å²) in [4.78, 5) is 12.8. The fourth-order valence-corrected chi connectivity index (χ4v) is 5.30. The molecule has 2 aliphatic heterocycles. The largest absolute Gasteiger partial charge is 0.493 e. The quantitative estimate of drug-likeness (QED) is 0.818. The maximum absolute atomic E-state index is 12.9. The fraction of sp³-hybridized carbons (Fsp3) is 0.350. The molecule has 4 rings (SSSR count). The van der Waals surface area contributed by atoms with Gasteiger partial charge in [0.25, 0.3) is 5.91 Å². The molecule has 0 saturated carbocycles. The van der Waals surface area contributed by atoms with E-state index in [0.717, 1.165) is 37.0 Å². The Morgan fingerprint density at radius 2 is 1.86 bits per heavy atom. The normalized spacial score (nSPS) is 17.0. The summed E-state index contributed by atoms with van der Waals surface area (Å²) >= 11 is 6.20. The van der Waals surface area contributed by atoms with Gasteiger partial charge in [-0.2, -0.15) is 4.31 Å². The van der Waals surface area contributed by atoms with E-state index < -0.39 is 15.9 Å². The molecular weight excluding hydrogens is 400 g/mol. The Morgan fingerprint density at radius 1 is 1.07 bits per heavy atom. The summed E-state index contributed by atoms with van der Waals surface area (Å²) in [5.74, 6) is 0.380. The Balaban J connectivity index is 1.59. The van der Waals surface area contributed by atoms with E-state index in [0.29, 0.717) is 25.4 Å². The average Bonchev–Trinajstić information content (AvgIpc) is 3.16. The van der Waals surface area contributed by atoms with Crippen molar-refractivity contribution in [2.75, 3.05) is 25.0 Å². The maximum Gasteiger partial charge on any atom is 0.257 e. The van der Waals surface area contributed by atoms with Gasteiger partial charge in [-0.15, -0.1) is 0 Å². The van der Waals surface area contributed by atoms with Gasteiger partial charge in [0.2, 0.25) is 10.0 Å². The van der Waals surface area contributed by atoms with Gasteiger partial charge in [0.1, 0.15) is 5.75 Å². The SMILES string of the molecule is O=C(Nc1ccc2c(c1)CCO2)c1cc(S(=O)(=O)N2CCCCC2)ccc1Cl. The van der Waals surface area contributed by atoms with Gasteiger partial charge in [0.15, 0.2) is 0 Å². The number of amides is 1. The summed E-state index contributed by atoms with van der Waals surface area (Å²) in [5, 5.41) is 3.01. The van der Waals surface area contributed by atoms with Crippen molar-refractivity contribution in [1.29, 1.82) is 0 Å². The molecular formula is C20H21ClN2O4S. The summed E-state index contributed by atoms with van der Waals surface area (Å²) in [6.07, 6.45) is 3.53. The van der Waals surface area contributed by atoms with Crippen LogP contribution in [0.2, 0.25) is 5.02 Å². The maximum atomic E-state index is 12.9. The van der Waals surface area contributed by atoms with E-state index in [1.54, 1.807) is 6.07 Å². The number of ether oxygens (including phenoxy) is 1. The minimum atomic E-state index is -3.64. The van der Waals surface area contributed by atoms with Gasteiger partial charge < -0.3 is 10.1 Å². The Kier molecular flexibility index (Phi) is 5.31. The van der Waals surface area contributed by atoms with Crippen molar-refractivity contribution in [1.82, 2.24) is 4.31 Å². The van der Waals surface area contributed by atoms with E-state index in [1.807, 2.05) is 12.1 Å². The number of carbonyl (C=O) groups is 1. The standard InChI is InChI=1S/C20H21ClN2O4S/c21-18-6-5-16(28(25,26)23-9-2-1-3-10-23)13-17(18)20(24)22-15-4-7-19-14(12-15)8-11-27-19/h4-7,12-13H,1-3,8-11H2,(H,22,24). The van der Waals surface area contributed by atoms with Gasteiger partial charge >= 0.3 is 0 Å². The number of sulfonamides is 1. The molecule has 1 fully saturated rings. The molecule has 0 aliphatic carbocycles. The number of rotatable bonds is 4. The van der Waals surface area contributed by atoms with Crippen LogP contribution in [0.15, 0.2) is 41.3 Å². The van der Waals surface area contributed by atoms with Crippen molar-refractivity contribution in [2.45, 2.75) is 30.6 Å². The van der Waals surface area contributed by atoms with Gasteiger partial charge in [-0.25, -0.2) is 8.42 Å². The molecule has 8 heteroatoms. The van der Waals surface area contributed by atoms with Crippen LogP contribution in [0.3, 0.4) is 0 Å². The number of anilines is 1. The van der Waals surface area contributed by atoms with Gasteiger partial charge in [-0.05, 0) is 54.8 Å². The number of nitrogens with zero attached hydrogens (tertiary/aromatic N) is 1. The summed E-state index contributed by atoms with van der Waals surface area (Å²) in [6, 6.07) is 9.71. The van der Waals surface area contributed by atoms with Crippen LogP contribution in [-0.4, -0.2) is 38.3 Å². The Hall–Kier alpha value is -2.09. The molecule has 2 aromatic carbocycles. The number of hydrogen-bond acceptors (Lipinski definition) is 4. The van der Waals surface area contributed by atoms with Gasteiger partial charge in [-0.1, -0.05) is 18.0 Å². The summed E-state index contributed by atoms with van der Waals surface area (Å²) < 4.78 is 32.7. The number of benzene rings is 2. The topological polar surface area (TPSA) is 75.7 Å². The van der Waals surface area contributed by atoms with E-state index in [4.69, 9.17) is 16.3 Å². The molecule has 2 heterocycles. The lowest BCUT2D eigenvalue weighted by Gasteiger charge is -2.26. The van der Waals surface area contributed by atoms with Crippen LogP contribution in [0.4, 0.5) is 5.69 Å². The summed E-state index contributed by atoms with van der Waals surface area (Å²) in [5.41, 5.74) is 1.79. The zero-order chi connectivity index (χ0) is 19.7. The number of fused-ring (bicyclic) bond motifs is 1. The third kappa shape index (κ3) is 3.74. The van der Waals surface area contributed by atoms with E-state index in [-0.39, 0.29) is 15.5 Å². The molecule has 2 aliphatic rings. The van der Waals surface area contributed by atoms with Crippen molar-refractivity contribution in [2.24, 2.45) is 0 Å². The predicted molar refractivity (Wildman–Crippen MR) is 108 cm³/mol. The van der Waals surface area contributed by atoms with Gasteiger partial charge in [0.05, 0.1) is 22.1 Å². The molecule has 6 nitrogen and oxygen atoms in total. The zero-order valence-electron chi connectivity index (χ0n) is 15.3. The fourth-order valence-electron chi connectivity index (χ4n) is 3.56. The molecule has 0 aromatic heterocycles. The van der Waals surface area contributed by atoms with Crippen LogP contribution >= 0.6 is 11.6 Å². The lowest BCUT2D eigenvalue weighted by atomic mass is 10.1. The van der Waals surface area contributed by atoms with E-state index in [2.05, 4.69) is 5.32 Å². The summed E-state index contributed by atoms with van der Waals surface area (Å²) in [6.45, 7) is 1.64. The molecule has 2 aromatic rings. The van der Waals surface area contributed by atoms with Crippen molar-refractivity contribution in [3.63, 3.8) is 0 Å². The minimum Gasteiger partial charge on any atom is -0.493 e. The Bertz CT molecular complexity index is 1020. The average molecular weight is 421 g/mol. The second-order valence-corrected chi connectivity index (χ2v) is 9.33. The lowest BCUT2D eigenvalue weighted by Crippen LogP contribution is -2.35. The number of carbonyl (C=O) groups excluding carboxylic acids is 1. The highest BCUT2D eigenvalue weighted by molar-refractivity contribution is 7.89. The van der Waals surface area contributed by atoms with E-state index >= 15 is 0 Å². The van der Waals surface area contributed by atoms with Crippen LogP contribution in [0.1, 0.15) is 35.2 Å². The molecule has 0 atom stereocenters. The summed E-state index contributed by atoms with van der Waals surface area (Å²) in [7, 11) is -3.64. The lowest BCUT2D eigenvalue weighted by molar-refractivity contribution is 0.102. The van der Waals surface area contributed by atoms with Crippen LogP contribution in [0.25, 0.3) is 0 Å². The molecule has 1 saturated heterocycles. The second kappa shape index (κ2) is 7.73. The molecule has 0 bridgehead atoms. The first kappa shape index (κ1) is 19.2. The van der Waals surface area contributed by atoms with Crippen LogP contribution in [-0.2, 0) is 16.4 Å². The Labute approximate surface area is 169 Å². The highest BCUT2D eigenvalue weighted by atomic mass is 35.5. The van der Waals surface area contributed by atoms with Gasteiger partial charge in [0, 0.05) is 25.2 Å². The highest BCUT2D eigenvalue weighted by Gasteiger charge is 2.27. The first-order valence-electron chi connectivity index (χ1n) is 9.32. The Morgan fingerprint density at radius 3 is 2.64 bits per heavy atom. The highest BCUT2D eigenvalue weighted by Crippen LogP contribution is 2.29. The van der Waals surface area contributed by atoms with E-state index in [1.165, 1.54) is 22.5 Å². The molecule has 1 N–H and O–H groups in total. The van der Waals surface area contributed by atoms with Gasteiger partial charge in [-0.3, -0.25) is 4.79 Å². The van der Waals surface area contributed by atoms with Crippen molar-refractivity contribution in [3.8, 4) is 5.75 Å². The smallest absolute Gasteiger partial charge is 0.257 e. The monoisotopic (exact) mass is 420 g/mol. The molecule has 148 valence electrons. The van der Waals surface area contributed by atoms with Crippen molar-refractivity contribution in [3.05, 3.63) is 52.5 Å². The minimum absolute atomic E-state index is 0.0892. The van der Waals surface area contributed by atoms with E-state index in [9.17, 15) is 13.2 Å². The number of piperidine rings is 1. The molecule has 0 spiro atoms. The third-order valence-corrected chi connectivity index (χ3v) is 7.31. The number of hydrogen-bond donors (Lipinski definition) is 1. The molecule has 1 amide bonds. The third-order valence-electron chi connectivity index (χ3n) is 5.08. The predicted octanol–water partition coefficient (Wildman–Crippen LogP) is 3.70. The number of halogens is 1. The van der Waals surface area contributed by atoms with Crippen LogP contribution in [0.5, 0.6) is 5.75 Å². The van der Waals surface area contributed by atoms with Crippen LogP contribution in [0, 0.1) is 0 Å². The molecule has 0 unspecified atom stereocenters. The molecule has 28 heavy (non-hydrogen) atoms. The number of nitrogens with one attached hydrogen (secondary N) is 1. The first-order chi connectivity index (χ1) is 13.4. The van der Waals surface area contributed by atoms with Crippen molar-refractivity contribution < 1.29 is 17.9 Å².